The van der Waals surface area contributed by atoms with Crippen molar-refractivity contribution in [2.24, 2.45) is 5.92 Å². The van der Waals surface area contributed by atoms with Gasteiger partial charge in [0.1, 0.15) is 0 Å². The van der Waals surface area contributed by atoms with Gasteiger partial charge in [-0.25, -0.2) is 0 Å². The largest absolute Gasteiger partial charge is 0.481 e. The minimum Gasteiger partial charge on any atom is -0.481 e. The van der Waals surface area contributed by atoms with Crippen molar-refractivity contribution in [3.05, 3.63) is 63.6 Å². The molecule has 2 aromatic carbocycles. The third kappa shape index (κ3) is 5.31. The molecule has 30 heavy (non-hydrogen) atoms. The molecular weight excluding hydrogens is 442 g/mol. The van der Waals surface area contributed by atoms with Gasteiger partial charge in [-0.05, 0) is 72.9 Å². The second kappa shape index (κ2) is 10.3. The Labute approximate surface area is 187 Å². The van der Waals surface area contributed by atoms with Crippen molar-refractivity contribution in [3.63, 3.8) is 0 Å². The minimum atomic E-state index is -0.799. The van der Waals surface area contributed by atoms with Gasteiger partial charge < -0.3 is 10.4 Å². The summed E-state index contributed by atoms with van der Waals surface area (Å²) < 4.78 is 1.00. The Hall–Kier alpha value is -2.14. The molecule has 1 aliphatic carbocycles. The number of benzene rings is 2. The lowest BCUT2D eigenvalue weighted by atomic mass is 9.84. The average molecular weight is 472 g/mol. The molecule has 2 N–H and O–H groups in total. The smallest absolute Gasteiger partial charge is 0.303 e. The van der Waals surface area contributed by atoms with E-state index in [1.807, 2.05) is 56.3 Å². The molecule has 1 aliphatic rings. The maximum Gasteiger partial charge on any atom is 0.303 e. The van der Waals surface area contributed by atoms with Crippen LogP contribution >= 0.6 is 15.9 Å². The Morgan fingerprint density at radius 1 is 1.13 bits per heavy atom. The van der Waals surface area contributed by atoms with E-state index in [1.165, 1.54) is 12.8 Å². The maximum atomic E-state index is 13.4. The number of carbonyl (C=O) groups is 2. The van der Waals surface area contributed by atoms with Crippen LogP contribution in [0.3, 0.4) is 0 Å². The number of aliphatic carboxylic acids is 1. The Morgan fingerprint density at radius 3 is 2.40 bits per heavy atom. The first kappa shape index (κ1) is 22.5. The summed E-state index contributed by atoms with van der Waals surface area (Å²) in [5.41, 5.74) is 3.79. The lowest BCUT2D eigenvalue weighted by molar-refractivity contribution is -0.137. The summed E-state index contributed by atoms with van der Waals surface area (Å²) in [6.45, 7) is 3.97. The van der Waals surface area contributed by atoms with Crippen LogP contribution in [-0.4, -0.2) is 17.0 Å². The van der Waals surface area contributed by atoms with Crippen molar-refractivity contribution in [2.45, 2.75) is 64.2 Å². The predicted octanol–water partition coefficient (Wildman–Crippen LogP) is 6.64. The highest BCUT2D eigenvalue weighted by Crippen LogP contribution is 2.39. The van der Waals surface area contributed by atoms with Gasteiger partial charge in [0.05, 0.1) is 12.3 Å². The van der Waals surface area contributed by atoms with Crippen LogP contribution in [0.4, 0.5) is 5.69 Å². The van der Waals surface area contributed by atoms with Gasteiger partial charge in [0.15, 0.2) is 0 Å². The molecule has 0 bridgehead atoms. The molecule has 1 fully saturated rings. The lowest BCUT2D eigenvalue weighted by Crippen LogP contribution is -2.27. The maximum absolute atomic E-state index is 13.4. The van der Waals surface area contributed by atoms with Crippen molar-refractivity contribution in [3.8, 4) is 0 Å². The summed E-state index contributed by atoms with van der Waals surface area (Å²) >= 11 is 3.48. The van der Waals surface area contributed by atoms with E-state index < -0.39 is 5.97 Å². The molecule has 0 heterocycles. The molecular formula is C25H30BrNO3. The van der Waals surface area contributed by atoms with Crippen molar-refractivity contribution in [1.82, 2.24) is 0 Å². The fraction of sp³-hybridized carbons (Fsp3) is 0.440. The second-order valence-electron chi connectivity index (χ2n) is 8.29. The predicted molar refractivity (Wildman–Crippen MR) is 124 cm³/mol. The van der Waals surface area contributed by atoms with E-state index in [9.17, 15) is 14.7 Å². The number of anilines is 1. The molecule has 0 radical (unpaired) electrons. The molecule has 1 saturated carbocycles. The van der Waals surface area contributed by atoms with Crippen LogP contribution in [0.5, 0.6) is 0 Å². The quantitative estimate of drug-likeness (QED) is 0.453. The minimum absolute atomic E-state index is 0.0238. The number of carboxylic acids is 1. The summed E-state index contributed by atoms with van der Waals surface area (Å²) in [6, 6.07) is 13.9. The summed E-state index contributed by atoms with van der Waals surface area (Å²) in [7, 11) is 0. The van der Waals surface area contributed by atoms with Crippen LogP contribution < -0.4 is 5.32 Å². The zero-order valence-electron chi connectivity index (χ0n) is 17.7. The van der Waals surface area contributed by atoms with Gasteiger partial charge in [0.2, 0.25) is 5.91 Å². The molecule has 1 amide bonds. The van der Waals surface area contributed by atoms with Crippen LogP contribution in [-0.2, 0) is 9.59 Å². The van der Waals surface area contributed by atoms with E-state index in [1.54, 1.807) is 0 Å². The number of hydrogen-bond donors (Lipinski definition) is 2. The fourth-order valence-electron chi connectivity index (χ4n) is 4.73. The number of carboxylic acid groups (broad SMARTS) is 1. The lowest BCUT2D eigenvalue weighted by Gasteiger charge is -2.25. The Kier molecular flexibility index (Phi) is 7.70. The number of carbonyl (C=O) groups excluding carboxylic acids is 1. The Balaban J connectivity index is 1.87. The first-order valence-electron chi connectivity index (χ1n) is 10.8. The SMILES string of the molecule is CCC(CC(=O)O)c1cccc(NC(=O)[C@@H](c2ccc(Br)cc2)C2CCCC2)c1C. The van der Waals surface area contributed by atoms with Crippen molar-refractivity contribution >= 4 is 33.5 Å². The van der Waals surface area contributed by atoms with Gasteiger partial charge in [-0.15, -0.1) is 0 Å². The Morgan fingerprint density at radius 2 is 1.80 bits per heavy atom. The summed E-state index contributed by atoms with van der Waals surface area (Å²) in [5.74, 6) is -0.658. The van der Waals surface area contributed by atoms with Gasteiger partial charge in [-0.1, -0.05) is 60.0 Å². The van der Waals surface area contributed by atoms with Gasteiger partial charge in [-0.3, -0.25) is 9.59 Å². The topological polar surface area (TPSA) is 66.4 Å². The molecule has 0 spiro atoms. The van der Waals surface area contributed by atoms with E-state index in [4.69, 9.17) is 0 Å². The van der Waals surface area contributed by atoms with E-state index in [0.717, 1.165) is 46.1 Å². The van der Waals surface area contributed by atoms with Gasteiger partial charge in [-0.2, -0.15) is 0 Å². The molecule has 2 atom stereocenters. The van der Waals surface area contributed by atoms with E-state index in [-0.39, 0.29) is 24.2 Å². The molecule has 3 rings (SSSR count). The van der Waals surface area contributed by atoms with Crippen LogP contribution in [0.25, 0.3) is 0 Å². The molecule has 0 saturated heterocycles. The van der Waals surface area contributed by atoms with Crippen molar-refractivity contribution < 1.29 is 14.7 Å². The fourth-order valence-corrected chi connectivity index (χ4v) is 4.99. The monoisotopic (exact) mass is 471 g/mol. The van der Waals surface area contributed by atoms with Gasteiger partial charge in [0, 0.05) is 10.2 Å². The Bertz CT molecular complexity index is 888. The standard InChI is InChI=1S/C25H30BrNO3/c1-3-17(15-23(28)29)21-9-6-10-22(16(21)2)27-25(30)24(18-7-4-5-8-18)19-11-13-20(26)14-12-19/h6,9-14,17-18,24H,3-5,7-8,15H2,1-2H3,(H,27,30)(H,28,29)/t17?,24-/m1/s1. The van der Waals surface area contributed by atoms with Gasteiger partial charge in [0.25, 0.3) is 0 Å². The van der Waals surface area contributed by atoms with Gasteiger partial charge >= 0.3 is 5.97 Å². The molecule has 5 heteroatoms. The van der Waals surface area contributed by atoms with Crippen LogP contribution in [0.1, 0.15) is 74.0 Å². The zero-order valence-corrected chi connectivity index (χ0v) is 19.2. The zero-order chi connectivity index (χ0) is 21.7. The number of halogens is 1. The highest BCUT2D eigenvalue weighted by molar-refractivity contribution is 9.10. The number of hydrogen-bond acceptors (Lipinski definition) is 2. The first-order valence-corrected chi connectivity index (χ1v) is 11.6. The van der Waals surface area contributed by atoms with E-state index in [2.05, 4.69) is 21.2 Å². The highest BCUT2D eigenvalue weighted by Gasteiger charge is 2.32. The highest BCUT2D eigenvalue weighted by atomic mass is 79.9. The molecule has 0 aliphatic heterocycles. The van der Waals surface area contributed by atoms with Crippen LogP contribution in [0.2, 0.25) is 0 Å². The molecule has 2 aromatic rings. The number of amides is 1. The van der Waals surface area contributed by atoms with E-state index in [0.29, 0.717) is 5.92 Å². The van der Waals surface area contributed by atoms with Crippen LogP contribution in [0.15, 0.2) is 46.9 Å². The average Bonchev–Trinajstić information content (AvgIpc) is 3.24. The molecule has 0 aromatic heterocycles. The normalized spacial score (nSPS) is 16.2. The molecule has 160 valence electrons. The van der Waals surface area contributed by atoms with Crippen molar-refractivity contribution in [2.75, 3.05) is 5.32 Å². The number of nitrogens with one attached hydrogen (secondary N) is 1. The number of rotatable bonds is 8. The first-order chi connectivity index (χ1) is 14.4. The molecule has 1 unspecified atom stereocenters. The van der Waals surface area contributed by atoms with Crippen molar-refractivity contribution in [1.29, 1.82) is 0 Å². The van der Waals surface area contributed by atoms with E-state index >= 15 is 0 Å². The summed E-state index contributed by atoms with van der Waals surface area (Å²) in [5, 5.41) is 12.4. The second-order valence-corrected chi connectivity index (χ2v) is 9.20. The third-order valence-corrected chi connectivity index (χ3v) is 6.90. The summed E-state index contributed by atoms with van der Waals surface area (Å²) in [6.07, 6.45) is 5.33. The summed E-state index contributed by atoms with van der Waals surface area (Å²) in [4.78, 5) is 24.7. The third-order valence-electron chi connectivity index (χ3n) is 6.37. The van der Waals surface area contributed by atoms with Crippen LogP contribution in [0, 0.1) is 12.8 Å². The molecule has 4 nitrogen and oxygen atoms in total.